The molecule has 0 spiro atoms. The van der Waals surface area contributed by atoms with Gasteiger partial charge in [-0.2, -0.15) is 0 Å². The van der Waals surface area contributed by atoms with E-state index >= 15 is 0 Å². The molecular weight excluding hydrogens is 767 g/mol. The molecule has 0 saturated heterocycles. The van der Waals surface area contributed by atoms with Crippen LogP contribution in [0.5, 0.6) is 0 Å². The standard InChI is InChI=1S/C44H81O13P/c1-3-5-7-9-11-13-15-17-19-21-23-25-27-29-31-33-38(46)56-36(35-55-58(52,53)57-44-42(50)40(48)39(47)41(49)43(44)51)34-54-37(45)32-30-28-26-24-22-20-18-16-14-12-10-8-6-4-2/h16-19,36,39-44,47-51H,3-15,20-35H2,1-2H3,(H,52,53)/b18-16+,19-17+/t36-,39?,40+,41?,42?,43?,44?/m1/s1. The zero-order valence-corrected chi connectivity index (χ0v) is 36.7. The maximum Gasteiger partial charge on any atom is 0.472 e. The van der Waals surface area contributed by atoms with Gasteiger partial charge in [0.1, 0.15) is 43.2 Å². The molecule has 1 aliphatic rings. The van der Waals surface area contributed by atoms with Gasteiger partial charge < -0.3 is 39.9 Å². The smallest absolute Gasteiger partial charge is 0.462 e. The summed E-state index contributed by atoms with van der Waals surface area (Å²) in [6.45, 7) is 3.27. The molecule has 8 atom stereocenters. The Morgan fingerprint density at radius 3 is 1.31 bits per heavy atom. The number of aliphatic hydroxyl groups excluding tert-OH is 5. The lowest BCUT2D eigenvalue weighted by Gasteiger charge is -2.41. The third-order valence-corrected chi connectivity index (χ3v) is 11.5. The predicted molar refractivity (Wildman–Crippen MR) is 226 cm³/mol. The number of hydrogen-bond acceptors (Lipinski definition) is 12. The highest BCUT2D eigenvalue weighted by atomic mass is 31.2. The van der Waals surface area contributed by atoms with E-state index in [0.717, 1.165) is 77.0 Å². The molecule has 6 N–H and O–H groups in total. The molecule has 6 unspecified atom stereocenters. The summed E-state index contributed by atoms with van der Waals surface area (Å²) in [7, 11) is -5.12. The molecule has 1 saturated carbocycles. The summed E-state index contributed by atoms with van der Waals surface area (Å²) in [4.78, 5) is 35.6. The monoisotopic (exact) mass is 849 g/mol. The van der Waals surface area contributed by atoms with Crippen LogP contribution in [0.2, 0.25) is 0 Å². The molecule has 0 aromatic heterocycles. The summed E-state index contributed by atoms with van der Waals surface area (Å²) in [6, 6.07) is 0. The van der Waals surface area contributed by atoms with Crippen LogP contribution in [-0.2, 0) is 32.7 Å². The van der Waals surface area contributed by atoms with Gasteiger partial charge in [0.2, 0.25) is 0 Å². The van der Waals surface area contributed by atoms with Crippen LogP contribution in [0.25, 0.3) is 0 Å². The van der Waals surface area contributed by atoms with Gasteiger partial charge >= 0.3 is 19.8 Å². The molecule has 13 nitrogen and oxygen atoms in total. The first-order chi connectivity index (χ1) is 27.9. The highest BCUT2D eigenvalue weighted by Crippen LogP contribution is 2.47. The topological polar surface area (TPSA) is 210 Å². The van der Waals surface area contributed by atoms with Crippen LogP contribution in [0.15, 0.2) is 24.3 Å². The lowest BCUT2D eigenvalue weighted by atomic mass is 9.85. The summed E-state index contributed by atoms with van der Waals surface area (Å²) in [5.74, 6) is -1.12. The van der Waals surface area contributed by atoms with E-state index in [1.54, 1.807) is 0 Å². The van der Waals surface area contributed by atoms with Crippen molar-refractivity contribution >= 4 is 19.8 Å². The van der Waals surface area contributed by atoms with Crippen molar-refractivity contribution in [3.05, 3.63) is 24.3 Å². The third-order valence-electron chi connectivity index (χ3n) is 10.5. The Bertz CT molecular complexity index is 1120. The highest BCUT2D eigenvalue weighted by molar-refractivity contribution is 7.47. The number of unbranched alkanes of at least 4 members (excludes halogenated alkanes) is 21. The zero-order chi connectivity index (χ0) is 42.9. The van der Waals surface area contributed by atoms with Crippen LogP contribution >= 0.6 is 7.82 Å². The van der Waals surface area contributed by atoms with Gasteiger partial charge in [-0.25, -0.2) is 4.57 Å². The quantitative estimate of drug-likeness (QED) is 0.0150. The third kappa shape index (κ3) is 27.2. The van der Waals surface area contributed by atoms with Gasteiger partial charge in [-0.3, -0.25) is 18.6 Å². The first-order valence-corrected chi connectivity index (χ1v) is 24.1. The minimum absolute atomic E-state index is 0.0866. The molecule has 0 aliphatic heterocycles. The van der Waals surface area contributed by atoms with Crippen LogP contribution in [0.3, 0.4) is 0 Å². The number of phosphoric acid groups is 1. The number of allylic oxidation sites excluding steroid dienone is 4. The van der Waals surface area contributed by atoms with E-state index < -0.39 is 75.7 Å². The maximum absolute atomic E-state index is 12.8. The van der Waals surface area contributed by atoms with Gasteiger partial charge in [0.15, 0.2) is 6.10 Å². The van der Waals surface area contributed by atoms with Crippen molar-refractivity contribution in [3.63, 3.8) is 0 Å². The first kappa shape index (κ1) is 54.3. The lowest BCUT2D eigenvalue weighted by molar-refractivity contribution is -0.220. The van der Waals surface area contributed by atoms with Crippen molar-refractivity contribution in [1.29, 1.82) is 0 Å². The Morgan fingerprint density at radius 2 is 0.879 bits per heavy atom. The van der Waals surface area contributed by atoms with E-state index in [2.05, 4.69) is 38.2 Å². The minimum atomic E-state index is -5.12. The fourth-order valence-electron chi connectivity index (χ4n) is 6.81. The molecule has 58 heavy (non-hydrogen) atoms. The molecule has 0 heterocycles. The zero-order valence-electron chi connectivity index (χ0n) is 35.8. The minimum Gasteiger partial charge on any atom is -0.462 e. The molecule has 0 amide bonds. The van der Waals surface area contributed by atoms with Crippen molar-refractivity contribution in [2.45, 2.75) is 230 Å². The number of hydrogen-bond donors (Lipinski definition) is 6. The Kier molecular flexibility index (Phi) is 32.8. The number of aliphatic hydroxyl groups is 5. The van der Waals surface area contributed by atoms with Crippen molar-refractivity contribution in [1.82, 2.24) is 0 Å². The second-order valence-corrected chi connectivity index (χ2v) is 17.3. The van der Waals surface area contributed by atoms with Gasteiger partial charge in [-0.05, 0) is 64.2 Å². The van der Waals surface area contributed by atoms with Crippen molar-refractivity contribution in [3.8, 4) is 0 Å². The van der Waals surface area contributed by atoms with Gasteiger partial charge in [0.25, 0.3) is 0 Å². The number of carbonyl (C=O) groups excluding carboxylic acids is 2. The Hall–Kier alpha value is -1.67. The molecule has 14 heteroatoms. The van der Waals surface area contributed by atoms with E-state index in [1.807, 2.05) is 0 Å². The summed E-state index contributed by atoms with van der Waals surface area (Å²) >= 11 is 0. The van der Waals surface area contributed by atoms with E-state index in [1.165, 1.54) is 70.6 Å². The van der Waals surface area contributed by atoms with E-state index in [-0.39, 0.29) is 12.8 Å². The maximum atomic E-state index is 12.8. The van der Waals surface area contributed by atoms with Gasteiger partial charge in [0, 0.05) is 12.8 Å². The lowest BCUT2D eigenvalue weighted by Crippen LogP contribution is -2.64. The second-order valence-electron chi connectivity index (χ2n) is 15.9. The van der Waals surface area contributed by atoms with Gasteiger partial charge in [0.05, 0.1) is 6.61 Å². The number of rotatable bonds is 37. The van der Waals surface area contributed by atoms with Crippen LogP contribution in [0.1, 0.15) is 187 Å². The van der Waals surface area contributed by atoms with Crippen LogP contribution < -0.4 is 0 Å². The molecule has 0 aromatic rings. The largest absolute Gasteiger partial charge is 0.472 e. The Balaban J connectivity index is 2.48. The van der Waals surface area contributed by atoms with Crippen molar-refractivity contribution in [2.24, 2.45) is 0 Å². The highest BCUT2D eigenvalue weighted by Gasteiger charge is 2.51. The fraction of sp³-hybridized carbons (Fsp3) is 0.864. The Morgan fingerprint density at radius 1 is 0.517 bits per heavy atom. The molecule has 1 rings (SSSR count). The summed E-state index contributed by atoms with van der Waals surface area (Å²) < 4.78 is 33.5. The molecule has 0 aromatic carbocycles. The number of ether oxygens (including phenoxy) is 2. The summed E-state index contributed by atoms with van der Waals surface area (Å²) in [5.41, 5.74) is 0. The second kappa shape index (κ2) is 35.0. The van der Waals surface area contributed by atoms with Crippen molar-refractivity contribution in [2.75, 3.05) is 13.2 Å². The van der Waals surface area contributed by atoms with Crippen molar-refractivity contribution < 1.29 is 63.1 Å². The predicted octanol–water partition coefficient (Wildman–Crippen LogP) is 8.45. The normalized spacial score (nSPS) is 22.7. The number of phosphoric ester groups is 1. The fourth-order valence-corrected chi connectivity index (χ4v) is 7.78. The van der Waals surface area contributed by atoms with Crippen LogP contribution in [-0.4, -0.2) is 98.3 Å². The van der Waals surface area contributed by atoms with E-state index in [4.69, 9.17) is 18.5 Å². The molecule has 1 fully saturated rings. The van der Waals surface area contributed by atoms with Crippen LogP contribution in [0.4, 0.5) is 0 Å². The van der Waals surface area contributed by atoms with Crippen LogP contribution in [0, 0.1) is 0 Å². The van der Waals surface area contributed by atoms with E-state index in [9.17, 15) is 44.6 Å². The summed E-state index contributed by atoms with van der Waals surface area (Å²) in [5, 5.41) is 50.1. The molecular formula is C44H81O13P. The first-order valence-electron chi connectivity index (χ1n) is 22.6. The molecule has 0 radical (unpaired) electrons. The number of esters is 2. The molecule has 1 aliphatic carbocycles. The van der Waals surface area contributed by atoms with Gasteiger partial charge in [-0.1, -0.05) is 134 Å². The number of carbonyl (C=O) groups is 2. The summed E-state index contributed by atoms with van der Waals surface area (Å²) in [6.07, 6.45) is 23.8. The van der Waals surface area contributed by atoms with Gasteiger partial charge in [-0.15, -0.1) is 0 Å². The average molecular weight is 849 g/mol. The Labute approximate surface area is 349 Å². The molecule has 0 bridgehead atoms. The van der Waals surface area contributed by atoms with E-state index in [0.29, 0.717) is 12.8 Å². The molecule has 340 valence electrons. The average Bonchev–Trinajstić information content (AvgIpc) is 3.20. The SMILES string of the molecule is CCCCCCC/C=C/CCCCCCCC(=O)OC[C@H](COP(=O)(O)OC1C(O)C(O)C(O)[C@H](O)C1O)OC(=O)CCCCCCC/C=C/CCCCCCCC.